The van der Waals surface area contributed by atoms with Crippen LogP contribution < -0.4 is 10.6 Å². The molecular formula is C14H15N3O2. The van der Waals surface area contributed by atoms with Crippen LogP contribution in [0.4, 0.5) is 0 Å². The van der Waals surface area contributed by atoms with Gasteiger partial charge in [-0.3, -0.25) is 9.59 Å². The van der Waals surface area contributed by atoms with Gasteiger partial charge < -0.3 is 10.6 Å². The van der Waals surface area contributed by atoms with Crippen LogP contribution in [0.1, 0.15) is 35.2 Å². The van der Waals surface area contributed by atoms with Gasteiger partial charge in [-0.2, -0.15) is 5.26 Å². The van der Waals surface area contributed by atoms with Crippen LogP contribution in [-0.2, 0) is 4.79 Å². The monoisotopic (exact) mass is 257 g/mol. The molecule has 0 aliphatic carbocycles. The number of benzene rings is 1. The summed E-state index contributed by atoms with van der Waals surface area (Å²) in [6, 6.07) is 8.33. The highest BCUT2D eigenvalue weighted by Crippen LogP contribution is 2.08. The van der Waals surface area contributed by atoms with E-state index in [2.05, 4.69) is 10.6 Å². The zero-order chi connectivity index (χ0) is 13.7. The Balaban J connectivity index is 1.99. The van der Waals surface area contributed by atoms with Gasteiger partial charge in [-0.05, 0) is 37.1 Å². The third kappa shape index (κ3) is 3.55. The van der Waals surface area contributed by atoms with Crippen molar-refractivity contribution in [3.63, 3.8) is 0 Å². The van der Waals surface area contributed by atoms with Crippen molar-refractivity contribution in [1.29, 1.82) is 5.26 Å². The van der Waals surface area contributed by atoms with Crippen molar-refractivity contribution in [3.05, 3.63) is 35.4 Å². The van der Waals surface area contributed by atoms with E-state index in [4.69, 9.17) is 5.26 Å². The third-order valence-corrected chi connectivity index (χ3v) is 3.09. The first kappa shape index (κ1) is 13.1. The second-order valence-corrected chi connectivity index (χ2v) is 4.56. The highest BCUT2D eigenvalue weighted by molar-refractivity contribution is 5.94. The normalized spacial score (nSPS) is 18.9. The molecule has 1 atom stereocenters. The van der Waals surface area contributed by atoms with Crippen LogP contribution in [-0.4, -0.2) is 24.4 Å². The van der Waals surface area contributed by atoms with Gasteiger partial charge in [0.2, 0.25) is 5.91 Å². The van der Waals surface area contributed by atoms with E-state index in [0.29, 0.717) is 24.1 Å². The minimum atomic E-state index is -0.204. The summed E-state index contributed by atoms with van der Waals surface area (Å²) in [5.41, 5.74) is 1.02. The number of amides is 2. The Morgan fingerprint density at radius 3 is 2.79 bits per heavy atom. The second-order valence-electron chi connectivity index (χ2n) is 4.56. The van der Waals surface area contributed by atoms with Gasteiger partial charge in [-0.15, -0.1) is 0 Å². The molecule has 1 aliphatic heterocycles. The van der Waals surface area contributed by atoms with Crippen LogP contribution in [0, 0.1) is 11.3 Å². The number of rotatable bonds is 2. The van der Waals surface area contributed by atoms with Gasteiger partial charge in [0.15, 0.2) is 0 Å². The number of carbonyl (C=O) groups excluding carboxylic acids is 2. The number of hydrogen-bond acceptors (Lipinski definition) is 3. The molecule has 0 saturated carbocycles. The molecule has 0 aromatic heterocycles. The molecular weight excluding hydrogens is 242 g/mol. The van der Waals surface area contributed by atoms with Gasteiger partial charge >= 0.3 is 0 Å². The molecule has 5 nitrogen and oxygen atoms in total. The molecule has 2 rings (SSSR count). The molecule has 5 heteroatoms. The smallest absolute Gasteiger partial charge is 0.251 e. The fourth-order valence-electron chi connectivity index (χ4n) is 2.06. The average Bonchev–Trinajstić information content (AvgIpc) is 2.63. The van der Waals surface area contributed by atoms with E-state index < -0.39 is 0 Å². The SMILES string of the molecule is N#Cc1ccc(C(=O)NC2CCCNC(=O)C2)cc1. The molecule has 1 fully saturated rings. The van der Waals surface area contributed by atoms with Crippen molar-refractivity contribution in [3.8, 4) is 6.07 Å². The Bertz CT molecular complexity index is 516. The van der Waals surface area contributed by atoms with Crippen LogP contribution in [0.25, 0.3) is 0 Å². The summed E-state index contributed by atoms with van der Waals surface area (Å²) in [6.07, 6.45) is 1.98. The highest BCUT2D eigenvalue weighted by Gasteiger charge is 2.19. The third-order valence-electron chi connectivity index (χ3n) is 3.09. The lowest BCUT2D eigenvalue weighted by atomic mass is 10.1. The summed E-state index contributed by atoms with van der Waals surface area (Å²) >= 11 is 0. The maximum Gasteiger partial charge on any atom is 0.251 e. The highest BCUT2D eigenvalue weighted by atomic mass is 16.2. The van der Waals surface area contributed by atoms with Crippen LogP contribution in [0.3, 0.4) is 0 Å². The molecule has 2 amide bonds. The van der Waals surface area contributed by atoms with Gasteiger partial charge in [0.1, 0.15) is 0 Å². The molecule has 0 bridgehead atoms. The van der Waals surface area contributed by atoms with Crippen LogP contribution in [0.5, 0.6) is 0 Å². The zero-order valence-corrected chi connectivity index (χ0v) is 10.5. The first-order chi connectivity index (χ1) is 9.19. The lowest BCUT2D eigenvalue weighted by Gasteiger charge is -2.15. The lowest BCUT2D eigenvalue weighted by molar-refractivity contribution is -0.121. The van der Waals surface area contributed by atoms with Crippen molar-refractivity contribution in [2.75, 3.05) is 6.54 Å². The zero-order valence-electron chi connectivity index (χ0n) is 10.5. The second kappa shape index (κ2) is 6.01. The van der Waals surface area contributed by atoms with E-state index in [1.54, 1.807) is 24.3 Å². The molecule has 1 saturated heterocycles. The Hall–Kier alpha value is -2.35. The van der Waals surface area contributed by atoms with E-state index in [1.165, 1.54) is 0 Å². The van der Waals surface area contributed by atoms with E-state index in [-0.39, 0.29) is 17.9 Å². The quantitative estimate of drug-likeness (QED) is 0.827. The Morgan fingerprint density at radius 2 is 2.11 bits per heavy atom. The average molecular weight is 257 g/mol. The molecule has 0 spiro atoms. The molecule has 98 valence electrons. The first-order valence-electron chi connectivity index (χ1n) is 6.27. The Morgan fingerprint density at radius 1 is 1.37 bits per heavy atom. The molecule has 1 heterocycles. The van der Waals surface area contributed by atoms with Crippen LogP contribution in [0.15, 0.2) is 24.3 Å². The van der Waals surface area contributed by atoms with E-state index in [9.17, 15) is 9.59 Å². The van der Waals surface area contributed by atoms with Crippen LogP contribution >= 0.6 is 0 Å². The molecule has 1 aromatic carbocycles. The minimum Gasteiger partial charge on any atom is -0.356 e. The van der Waals surface area contributed by atoms with Crippen LogP contribution in [0.2, 0.25) is 0 Å². The fourth-order valence-corrected chi connectivity index (χ4v) is 2.06. The van der Waals surface area contributed by atoms with Crippen molar-refractivity contribution in [2.24, 2.45) is 0 Å². The first-order valence-corrected chi connectivity index (χ1v) is 6.27. The Kier molecular flexibility index (Phi) is 4.14. The summed E-state index contributed by atoms with van der Waals surface area (Å²) in [4.78, 5) is 23.4. The molecule has 19 heavy (non-hydrogen) atoms. The molecule has 1 aromatic rings. The number of nitrogens with zero attached hydrogens (tertiary/aromatic N) is 1. The number of nitriles is 1. The molecule has 1 aliphatic rings. The van der Waals surface area contributed by atoms with E-state index in [1.807, 2.05) is 6.07 Å². The van der Waals surface area contributed by atoms with Gasteiger partial charge in [0.05, 0.1) is 11.6 Å². The van der Waals surface area contributed by atoms with Gasteiger partial charge in [0.25, 0.3) is 5.91 Å². The molecule has 1 unspecified atom stereocenters. The summed E-state index contributed by atoms with van der Waals surface area (Å²) in [7, 11) is 0. The van der Waals surface area contributed by atoms with Crippen molar-refractivity contribution in [2.45, 2.75) is 25.3 Å². The minimum absolute atomic E-state index is 0.0253. The maximum absolute atomic E-state index is 12.0. The topological polar surface area (TPSA) is 82.0 Å². The predicted octanol–water partition coefficient (Wildman–Crippen LogP) is 0.957. The standard InChI is InChI=1S/C14H15N3O2/c15-9-10-3-5-11(6-4-10)14(19)17-12-2-1-7-16-13(18)8-12/h3-6,12H,1-2,7-8H2,(H,16,18)(H,17,19). The van der Waals surface area contributed by atoms with Crippen molar-refractivity contribution in [1.82, 2.24) is 10.6 Å². The summed E-state index contributed by atoms with van der Waals surface area (Å²) in [6.45, 7) is 0.669. The maximum atomic E-state index is 12.0. The lowest BCUT2D eigenvalue weighted by Crippen LogP contribution is -2.36. The van der Waals surface area contributed by atoms with E-state index in [0.717, 1.165) is 12.8 Å². The summed E-state index contributed by atoms with van der Waals surface area (Å²) < 4.78 is 0. The summed E-state index contributed by atoms with van der Waals surface area (Å²) in [5, 5.41) is 14.3. The van der Waals surface area contributed by atoms with Crippen molar-refractivity contribution >= 4 is 11.8 Å². The van der Waals surface area contributed by atoms with Gasteiger partial charge in [-0.25, -0.2) is 0 Å². The molecule has 2 N–H and O–H groups in total. The largest absolute Gasteiger partial charge is 0.356 e. The van der Waals surface area contributed by atoms with E-state index >= 15 is 0 Å². The van der Waals surface area contributed by atoms with Crippen molar-refractivity contribution < 1.29 is 9.59 Å². The molecule has 0 radical (unpaired) electrons. The van der Waals surface area contributed by atoms with Gasteiger partial charge in [0, 0.05) is 24.6 Å². The number of nitrogens with one attached hydrogen (secondary N) is 2. The van der Waals surface area contributed by atoms with Gasteiger partial charge in [-0.1, -0.05) is 0 Å². The Labute approximate surface area is 111 Å². The predicted molar refractivity (Wildman–Crippen MR) is 69.3 cm³/mol. The summed E-state index contributed by atoms with van der Waals surface area (Å²) in [5.74, 6) is -0.230. The number of hydrogen-bond donors (Lipinski definition) is 2. The number of carbonyl (C=O) groups is 2. The fraction of sp³-hybridized carbons (Fsp3) is 0.357.